The second-order valence-electron chi connectivity index (χ2n) is 4.84. The van der Waals surface area contributed by atoms with Crippen LogP contribution < -0.4 is 11.1 Å². The maximum Gasteiger partial charge on any atom is 0.252 e. The van der Waals surface area contributed by atoms with E-state index in [0.29, 0.717) is 19.7 Å². The fourth-order valence-electron chi connectivity index (χ4n) is 2.25. The number of nitrogens with one attached hydrogen (secondary N) is 1. The van der Waals surface area contributed by atoms with E-state index < -0.39 is 5.60 Å². The zero-order valence-electron chi connectivity index (χ0n) is 10.7. The van der Waals surface area contributed by atoms with Crippen molar-refractivity contribution in [2.75, 3.05) is 6.61 Å². The minimum atomic E-state index is -0.655. The summed E-state index contributed by atoms with van der Waals surface area (Å²) in [7, 11) is 0. The molecule has 0 aromatic heterocycles. The maximum atomic E-state index is 12.1. The molecule has 1 aromatic rings. The zero-order valence-corrected chi connectivity index (χ0v) is 10.7. The number of nitrogens with two attached hydrogens (primary N) is 1. The van der Waals surface area contributed by atoms with Gasteiger partial charge in [-0.1, -0.05) is 24.3 Å². The Morgan fingerprint density at radius 3 is 2.78 bits per heavy atom. The average Bonchev–Trinajstić information content (AvgIpc) is 2.84. The minimum absolute atomic E-state index is 0.0353. The van der Waals surface area contributed by atoms with Crippen LogP contribution >= 0.6 is 0 Å². The number of amides is 1. The van der Waals surface area contributed by atoms with Crippen LogP contribution in [0.1, 0.15) is 30.9 Å². The molecule has 1 aliphatic rings. The van der Waals surface area contributed by atoms with Crippen molar-refractivity contribution in [3.8, 4) is 0 Å². The van der Waals surface area contributed by atoms with Crippen molar-refractivity contribution in [1.82, 2.24) is 5.32 Å². The van der Waals surface area contributed by atoms with E-state index in [9.17, 15) is 4.79 Å². The second kappa shape index (κ2) is 5.50. The lowest BCUT2D eigenvalue weighted by molar-refractivity contribution is -0.139. The number of rotatable bonds is 4. The molecular formula is C14H20N2O2. The van der Waals surface area contributed by atoms with Crippen molar-refractivity contribution >= 4 is 5.91 Å². The lowest BCUT2D eigenvalue weighted by Crippen LogP contribution is -2.43. The number of benzene rings is 1. The first-order valence-corrected chi connectivity index (χ1v) is 6.35. The molecule has 4 heteroatoms. The van der Waals surface area contributed by atoms with Crippen molar-refractivity contribution in [1.29, 1.82) is 0 Å². The Hall–Kier alpha value is -1.39. The highest BCUT2D eigenvalue weighted by atomic mass is 16.5. The Morgan fingerprint density at radius 2 is 2.17 bits per heavy atom. The Labute approximate surface area is 108 Å². The summed E-state index contributed by atoms with van der Waals surface area (Å²) < 4.78 is 5.51. The third kappa shape index (κ3) is 2.71. The van der Waals surface area contributed by atoms with E-state index in [0.717, 1.165) is 24.0 Å². The zero-order chi connectivity index (χ0) is 13.0. The minimum Gasteiger partial charge on any atom is -0.365 e. The molecule has 0 bridgehead atoms. The molecule has 18 heavy (non-hydrogen) atoms. The highest BCUT2D eigenvalue weighted by Crippen LogP contribution is 2.25. The third-order valence-electron chi connectivity index (χ3n) is 3.48. The summed E-state index contributed by atoms with van der Waals surface area (Å²) in [5.74, 6) is -0.0353. The van der Waals surface area contributed by atoms with Crippen molar-refractivity contribution in [3.05, 3.63) is 35.4 Å². The first-order valence-electron chi connectivity index (χ1n) is 6.35. The molecular weight excluding hydrogens is 228 g/mol. The van der Waals surface area contributed by atoms with Crippen LogP contribution in [0.3, 0.4) is 0 Å². The van der Waals surface area contributed by atoms with Crippen LogP contribution in [-0.2, 0) is 22.6 Å². The van der Waals surface area contributed by atoms with Crippen LogP contribution in [0, 0.1) is 0 Å². The van der Waals surface area contributed by atoms with Crippen molar-refractivity contribution in [3.63, 3.8) is 0 Å². The predicted molar refractivity (Wildman–Crippen MR) is 69.8 cm³/mol. The molecule has 1 aromatic carbocycles. The summed E-state index contributed by atoms with van der Waals surface area (Å²) in [5.41, 5.74) is 7.14. The molecule has 4 nitrogen and oxygen atoms in total. The lowest BCUT2D eigenvalue weighted by Gasteiger charge is -2.22. The van der Waals surface area contributed by atoms with Crippen molar-refractivity contribution < 1.29 is 9.53 Å². The summed E-state index contributed by atoms with van der Waals surface area (Å²) in [4.78, 5) is 12.1. The van der Waals surface area contributed by atoms with E-state index >= 15 is 0 Å². The molecule has 3 N–H and O–H groups in total. The third-order valence-corrected chi connectivity index (χ3v) is 3.48. The Kier molecular flexibility index (Phi) is 3.99. The fourth-order valence-corrected chi connectivity index (χ4v) is 2.25. The first kappa shape index (κ1) is 13.1. The monoisotopic (exact) mass is 248 g/mol. The van der Waals surface area contributed by atoms with Crippen LogP contribution in [0.15, 0.2) is 24.3 Å². The van der Waals surface area contributed by atoms with Crippen molar-refractivity contribution in [2.24, 2.45) is 5.73 Å². The van der Waals surface area contributed by atoms with Crippen LogP contribution in [0.4, 0.5) is 0 Å². The van der Waals surface area contributed by atoms with Gasteiger partial charge in [-0.25, -0.2) is 0 Å². The van der Waals surface area contributed by atoms with E-state index in [1.807, 2.05) is 31.2 Å². The molecule has 0 radical (unpaired) electrons. The van der Waals surface area contributed by atoms with Gasteiger partial charge < -0.3 is 15.8 Å². The van der Waals surface area contributed by atoms with Gasteiger partial charge in [0, 0.05) is 19.7 Å². The molecule has 0 spiro atoms. The molecule has 1 atom stereocenters. The van der Waals surface area contributed by atoms with Gasteiger partial charge in [-0.05, 0) is 30.9 Å². The van der Waals surface area contributed by atoms with E-state index in [1.54, 1.807) is 0 Å². The number of carbonyl (C=O) groups is 1. The average molecular weight is 248 g/mol. The Bertz CT molecular complexity index is 426. The maximum absolute atomic E-state index is 12.1. The van der Waals surface area contributed by atoms with Gasteiger partial charge in [0.15, 0.2) is 0 Å². The highest BCUT2D eigenvalue weighted by molar-refractivity contribution is 5.85. The number of carbonyl (C=O) groups excluding carboxylic acids is 1. The normalized spacial score (nSPS) is 23.0. The van der Waals surface area contributed by atoms with Gasteiger partial charge in [-0.2, -0.15) is 0 Å². The molecule has 98 valence electrons. The van der Waals surface area contributed by atoms with Crippen molar-refractivity contribution in [2.45, 2.75) is 38.5 Å². The Balaban J connectivity index is 1.97. The van der Waals surface area contributed by atoms with E-state index in [1.165, 1.54) is 0 Å². The fraction of sp³-hybridized carbons (Fsp3) is 0.500. The van der Waals surface area contributed by atoms with Gasteiger partial charge in [0.2, 0.25) is 0 Å². The molecule has 0 saturated carbocycles. The van der Waals surface area contributed by atoms with E-state index in [2.05, 4.69) is 5.32 Å². The topological polar surface area (TPSA) is 64.4 Å². The van der Waals surface area contributed by atoms with Crippen LogP contribution in [0.2, 0.25) is 0 Å². The summed E-state index contributed by atoms with van der Waals surface area (Å²) >= 11 is 0. The second-order valence-corrected chi connectivity index (χ2v) is 4.84. The SMILES string of the molecule is CC1(C(=O)NCc2ccccc2CN)CCCO1. The smallest absolute Gasteiger partial charge is 0.252 e. The van der Waals surface area contributed by atoms with Crippen LogP contribution in [0.25, 0.3) is 0 Å². The summed E-state index contributed by atoms with van der Waals surface area (Å²) in [6.07, 6.45) is 1.74. The van der Waals surface area contributed by atoms with Crippen LogP contribution in [0.5, 0.6) is 0 Å². The number of hydrogen-bond acceptors (Lipinski definition) is 3. The molecule has 1 amide bonds. The molecule has 1 heterocycles. The molecule has 1 unspecified atom stereocenters. The molecule has 1 aliphatic heterocycles. The van der Waals surface area contributed by atoms with E-state index in [-0.39, 0.29) is 5.91 Å². The number of hydrogen-bond donors (Lipinski definition) is 2. The molecule has 1 fully saturated rings. The van der Waals surface area contributed by atoms with E-state index in [4.69, 9.17) is 10.5 Å². The largest absolute Gasteiger partial charge is 0.365 e. The van der Waals surface area contributed by atoms with Crippen LogP contribution in [-0.4, -0.2) is 18.1 Å². The van der Waals surface area contributed by atoms with Gasteiger partial charge in [0.25, 0.3) is 5.91 Å². The predicted octanol–water partition coefficient (Wildman–Crippen LogP) is 1.33. The van der Waals surface area contributed by atoms with Gasteiger partial charge >= 0.3 is 0 Å². The lowest BCUT2D eigenvalue weighted by atomic mass is 10.0. The number of ether oxygens (including phenoxy) is 1. The molecule has 2 rings (SSSR count). The summed E-state index contributed by atoms with van der Waals surface area (Å²) in [5, 5.41) is 2.94. The first-order chi connectivity index (χ1) is 8.65. The Morgan fingerprint density at radius 1 is 1.44 bits per heavy atom. The molecule has 1 saturated heterocycles. The molecule has 0 aliphatic carbocycles. The summed E-state index contributed by atoms with van der Waals surface area (Å²) in [6.45, 7) is 3.51. The highest BCUT2D eigenvalue weighted by Gasteiger charge is 2.37. The summed E-state index contributed by atoms with van der Waals surface area (Å²) in [6, 6.07) is 7.87. The van der Waals surface area contributed by atoms with Gasteiger partial charge in [0.1, 0.15) is 5.60 Å². The quantitative estimate of drug-likeness (QED) is 0.845. The van der Waals surface area contributed by atoms with Gasteiger partial charge in [0.05, 0.1) is 0 Å². The van der Waals surface area contributed by atoms with Gasteiger partial charge in [-0.3, -0.25) is 4.79 Å². The standard InChI is InChI=1S/C14H20N2O2/c1-14(7-4-8-18-14)13(17)16-10-12-6-3-2-5-11(12)9-15/h2-3,5-6H,4,7-10,15H2,1H3,(H,16,17). The van der Waals surface area contributed by atoms with Gasteiger partial charge in [-0.15, -0.1) is 0 Å².